The Labute approximate surface area is 228 Å². The number of nitrogens with two attached hydrogens (primary N) is 4. The number of benzene rings is 3. The molecule has 3 rings (SSSR count). The maximum absolute atomic E-state index is 14.3. The quantitative estimate of drug-likeness (QED) is 0.121. The van der Waals surface area contributed by atoms with Crippen LogP contribution in [0.25, 0.3) is 0 Å². The Morgan fingerprint density at radius 1 is 0.846 bits per heavy atom. The molecule has 0 aliphatic carbocycles. The minimum absolute atomic E-state index is 0.0422. The molecule has 11 nitrogen and oxygen atoms in total. The van der Waals surface area contributed by atoms with Crippen LogP contribution in [0.2, 0.25) is 0 Å². The van der Waals surface area contributed by atoms with E-state index in [1.165, 1.54) is 17.0 Å². The van der Waals surface area contributed by atoms with E-state index >= 15 is 0 Å². The summed E-state index contributed by atoms with van der Waals surface area (Å²) in [6.45, 7) is 0.309. The number of primary amides is 1. The maximum Gasteiger partial charge on any atom is 0.296 e. The number of hydrogen-bond donors (Lipinski definition) is 5. The van der Waals surface area contributed by atoms with Crippen molar-refractivity contribution in [3.05, 3.63) is 102 Å². The van der Waals surface area contributed by atoms with Gasteiger partial charge in [0.1, 0.15) is 6.04 Å². The normalized spacial score (nSPS) is 11.9. The fourth-order valence-corrected chi connectivity index (χ4v) is 4.72. The van der Waals surface area contributed by atoms with Gasteiger partial charge in [0.15, 0.2) is 5.96 Å². The van der Waals surface area contributed by atoms with E-state index in [4.69, 9.17) is 22.3 Å². The van der Waals surface area contributed by atoms with E-state index in [2.05, 4.69) is 9.71 Å². The molecule has 1 atom stereocenters. The molecule has 0 aliphatic rings. The van der Waals surface area contributed by atoms with Crippen molar-refractivity contribution in [1.82, 2.24) is 4.90 Å². The van der Waals surface area contributed by atoms with Gasteiger partial charge in [-0.15, -0.1) is 0 Å². The van der Waals surface area contributed by atoms with E-state index in [1.54, 1.807) is 12.1 Å². The van der Waals surface area contributed by atoms with Crippen molar-refractivity contribution in [1.29, 1.82) is 0 Å². The molecule has 0 aromatic heterocycles. The SMILES string of the molecule is NC(=O)[C@@H](CCCN=C(N)N)N(Cc1ccc(NS(N)(=O)=O)cc1)C(=O)C(c1ccccc1)c1ccccc1. The maximum atomic E-state index is 14.3. The molecular formula is C27H33N7O4S. The van der Waals surface area contributed by atoms with Crippen molar-refractivity contribution in [2.45, 2.75) is 31.3 Å². The molecule has 0 saturated carbocycles. The third kappa shape index (κ3) is 8.83. The zero-order valence-electron chi connectivity index (χ0n) is 21.3. The third-order valence-corrected chi connectivity index (χ3v) is 6.52. The summed E-state index contributed by atoms with van der Waals surface area (Å²) in [6, 6.07) is 23.9. The molecule has 206 valence electrons. The third-order valence-electron chi connectivity index (χ3n) is 6.00. The highest BCUT2D eigenvalue weighted by molar-refractivity contribution is 7.90. The zero-order valence-corrected chi connectivity index (χ0v) is 22.1. The van der Waals surface area contributed by atoms with Crippen molar-refractivity contribution in [3.8, 4) is 0 Å². The smallest absolute Gasteiger partial charge is 0.296 e. The van der Waals surface area contributed by atoms with Crippen LogP contribution in [0.1, 0.15) is 35.4 Å². The van der Waals surface area contributed by atoms with Crippen molar-refractivity contribution < 1.29 is 18.0 Å². The lowest BCUT2D eigenvalue weighted by Crippen LogP contribution is -2.49. The zero-order chi connectivity index (χ0) is 28.4. The second kappa shape index (κ2) is 13.4. The number of guanidine groups is 1. The van der Waals surface area contributed by atoms with Gasteiger partial charge in [-0.25, -0.2) is 5.14 Å². The summed E-state index contributed by atoms with van der Waals surface area (Å²) in [7, 11) is -3.95. The number of aliphatic imine (C=N–C) groups is 1. The molecular weight excluding hydrogens is 518 g/mol. The van der Waals surface area contributed by atoms with Crippen LogP contribution in [-0.2, 0) is 26.3 Å². The molecule has 39 heavy (non-hydrogen) atoms. The van der Waals surface area contributed by atoms with Gasteiger partial charge in [-0.3, -0.25) is 19.3 Å². The van der Waals surface area contributed by atoms with Gasteiger partial charge in [-0.2, -0.15) is 8.42 Å². The molecule has 0 unspecified atom stereocenters. The Morgan fingerprint density at radius 3 is 1.85 bits per heavy atom. The van der Waals surface area contributed by atoms with Gasteiger partial charge in [-0.05, 0) is 41.7 Å². The summed E-state index contributed by atoms with van der Waals surface area (Å²) >= 11 is 0. The highest BCUT2D eigenvalue weighted by atomic mass is 32.2. The van der Waals surface area contributed by atoms with Gasteiger partial charge in [-0.1, -0.05) is 72.8 Å². The average molecular weight is 552 g/mol. The Hall–Kier alpha value is -4.42. The highest BCUT2D eigenvalue weighted by Crippen LogP contribution is 2.29. The van der Waals surface area contributed by atoms with Crippen LogP contribution < -0.4 is 27.1 Å². The molecule has 0 fully saturated rings. The summed E-state index contributed by atoms with van der Waals surface area (Å²) < 4.78 is 24.9. The predicted octanol–water partition coefficient (Wildman–Crippen LogP) is 1.37. The minimum Gasteiger partial charge on any atom is -0.370 e. The first-order chi connectivity index (χ1) is 18.5. The van der Waals surface area contributed by atoms with E-state index in [1.807, 2.05) is 60.7 Å². The Morgan fingerprint density at radius 2 is 1.38 bits per heavy atom. The van der Waals surface area contributed by atoms with Gasteiger partial charge in [0.25, 0.3) is 10.2 Å². The first-order valence-electron chi connectivity index (χ1n) is 12.2. The summed E-state index contributed by atoms with van der Waals surface area (Å²) in [5.41, 5.74) is 19.1. The summed E-state index contributed by atoms with van der Waals surface area (Å²) in [4.78, 5) is 32.5. The molecule has 0 bridgehead atoms. The number of hydrogen-bond acceptors (Lipinski definition) is 5. The molecule has 9 N–H and O–H groups in total. The van der Waals surface area contributed by atoms with Crippen molar-refractivity contribution >= 4 is 33.7 Å². The summed E-state index contributed by atoms with van der Waals surface area (Å²) in [5.74, 6) is -1.75. The molecule has 3 aromatic rings. The molecule has 2 amide bonds. The number of amides is 2. The minimum atomic E-state index is -3.95. The fourth-order valence-electron chi connectivity index (χ4n) is 4.26. The number of carbonyl (C=O) groups excluding carboxylic acids is 2. The topological polar surface area (TPSA) is 200 Å². The van der Waals surface area contributed by atoms with Gasteiger partial charge in [0, 0.05) is 18.8 Å². The van der Waals surface area contributed by atoms with E-state index in [-0.39, 0.29) is 37.1 Å². The molecule has 12 heteroatoms. The highest BCUT2D eigenvalue weighted by Gasteiger charge is 2.34. The first-order valence-corrected chi connectivity index (χ1v) is 13.7. The Balaban J connectivity index is 2.01. The van der Waals surface area contributed by atoms with E-state index in [0.29, 0.717) is 12.0 Å². The van der Waals surface area contributed by atoms with Crippen LogP contribution in [0.4, 0.5) is 5.69 Å². The molecule has 0 saturated heterocycles. The van der Waals surface area contributed by atoms with Crippen molar-refractivity contribution in [2.24, 2.45) is 27.3 Å². The van der Waals surface area contributed by atoms with Crippen molar-refractivity contribution in [3.63, 3.8) is 0 Å². The molecule has 0 heterocycles. The molecule has 0 spiro atoms. The van der Waals surface area contributed by atoms with Crippen molar-refractivity contribution in [2.75, 3.05) is 11.3 Å². The summed E-state index contributed by atoms with van der Waals surface area (Å²) in [6.07, 6.45) is 0.646. The second-order valence-corrected chi connectivity index (χ2v) is 10.2. The van der Waals surface area contributed by atoms with E-state index in [9.17, 15) is 18.0 Å². The predicted molar refractivity (Wildman–Crippen MR) is 151 cm³/mol. The van der Waals surface area contributed by atoms with E-state index in [0.717, 1.165) is 11.1 Å². The van der Waals surface area contributed by atoms with Gasteiger partial charge >= 0.3 is 0 Å². The first kappa shape index (κ1) is 29.1. The largest absolute Gasteiger partial charge is 0.370 e. The lowest BCUT2D eigenvalue weighted by atomic mass is 9.89. The lowest BCUT2D eigenvalue weighted by molar-refractivity contribution is -0.140. The Kier molecular flexibility index (Phi) is 10.0. The number of nitrogens with one attached hydrogen (secondary N) is 1. The standard InChI is InChI=1S/C27H33N7O4S/c28-25(35)23(12-7-17-32-27(29)30)34(18-19-13-15-22(16-14-19)33-39(31,37)38)26(36)24(20-8-3-1-4-9-20)21-10-5-2-6-11-21/h1-6,8-11,13-16,23-24,33H,7,12,17-18H2,(H2,28,35)(H4,29,30,32)(H2,31,37,38)/t23-/m1/s1. The van der Waals surface area contributed by atoms with Crippen LogP contribution in [-0.4, -0.2) is 43.7 Å². The summed E-state index contributed by atoms with van der Waals surface area (Å²) in [5, 5.41) is 5.05. The van der Waals surface area contributed by atoms with Crippen LogP contribution in [0.15, 0.2) is 89.9 Å². The lowest BCUT2D eigenvalue weighted by Gasteiger charge is -2.33. The van der Waals surface area contributed by atoms with Crippen LogP contribution >= 0.6 is 0 Å². The number of carbonyl (C=O) groups is 2. The van der Waals surface area contributed by atoms with Crippen LogP contribution in [0.3, 0.4) is 0 Å². The van der Waals surface area contributed by atoms with Gasteiger partial charge < -0.3 is 22.1 Å². The van der Waals surface area contributed by atoms with Gasteiger partial charge in [0.2, 0.25) is 11.8 Å². The molecule has 3 aromatic carbocycles. The molecule has 0 radical (unpaired) electrons. The number of rotatable bonds is 13. The number of nitrogens with zero attached hydrogens (tertiary/aromatic N) is 2. The number of anilines is 1. The average Bonchev–Trinajstić information content (AvgIpc) is 2.89. The van der Waals surface area contributed by atoms with Crippen LogP contribution in [0.5, 0.6) is 0 Å². The monoisotopic (exact) mass is 551 g/mol. The second-order valence-electron chi connectivity index (χ2n) is 8.93. The fraction of sp³-hybridized carbons (Fsp3) is 0.222. The molecule has 0 aliphatic heterocycles. The van der Waals surface area contributed by atoms with Gasteiger partial charge in [0.05, 0.1) is 5.92 Å². The Bertz CT molecular complexity index is 1340. The van der Waals surface area contributed by atoms with E-state index < -0.39 is 28.1 Å². The van der Waals surface area contributed by atoms with Crippen LogP contribution in [0, 0.1) is 0 Å².